The normalized spacial score (nSPS) is 19.3. The van der Waals surface area contributed by atoms with Crippen LogP contribution in [0.25, 0.3) is 0 Å². The zero-order valence-electron chi connectivity index (χ0n) is 10.0. The second-order valence-corrected chi connectivity index (χ2v) is 4.31. The molecule has 0 spiro atoms. The maximum atomic E-state index is 11.6. The van der Waals surface area contributed by atoms with Crippen LogP contribution in [0, 0.1) is 0 Å². The average molecular weight is 227 g/mol. The number of piperidine rings is 1. The van der Waals surface area contributed by atoms with Crippen LogP contribution >= 0.6 is 0 Å². The van der Waals surface area contributed by atoms with Crippen LogP contribution in [0.15, 0.2) is 0 Å². The van der Waals surface area contributed by atoms with E-state index in [4.69, 9.17) is 5.73 Å². The molecular formula is C11H21N3O2. The van der Waals surface area contributed by atoms with Crippen molar-refractivity contribution >= 4 is 11.8 Å². The number of nitrogens with one attached hydrogen (secondary N) is 1. The summed E-state index contributed by atoms with van der Waals surface area (Å²) in [5.41, 5.74) is 5.54. The highest BCUT2D eigenvalue weighted by molar-refractivity contribution is 5.81. The third kappa shape index (κ3) is 3.48. The molecule has 3 N–H and O–H groups in total. The lowest BCUT2D eigenvalue weighted by molar-refractivity contribution is -0.133. The monoisotopic (exact) mass is 227 g/mol. The SMILES string of the molecule is CCC(=O)NC1CCN(C(=O)[C@@H](C)N)CC1. The number of nitrogens with zero attached hydrogens (tertiary/aromatic N) is 1. The van der Waals surface area contributed by atoms with Crippen LogP contribution in [-0.2, 0) is 9.59 Å². The van der Waals surface area contributed by atoms with E-state index in [-0.39, 0.29) is 17.9 Å². The van der Waals surface area contributed by atoms with E-state index in [2.05, 4.69) is 5.32 Å². The highest BCUT2D eigenvalue weighted by Crippen LogP contribution is 2.11. The van der Waals surface area contributed by atoms with Gasteiger partial charge in [0.15, 0.2) is 0 Å². The molecule has 1 atom stereocenters. The molecule has 0 bridgehead atoms. The number of carbonyl (C=O) groups excluding carboxylic acids is 2. The molecule has 2 amide bonds. The lowest BCUT2D eigenvalue weighted by atomic mass is 10.0. The summed E-state index contributed by atoms with van der Waals surface area (Å²) in [7, 11) is 0. The highest BCUT2D eigenvalue weighted by Gasteiger charge is 2.24. The molecule has 1 rings (SSSR count). The van der Waals surface area contributed by atoms with E-state index >= 15 is 0 Å². The summed E-state index contributed by atoms with van der Waals surface area (Å²) < 4.78 is 0. The van der Waals surface area contributed by atoms with E-state index < -0.39 is 6.04 Å². The van der Waals surface area contributed by atoms with Crippen molar-refractivity contribution in [2.45, 2.75) is 45.2 Å². The fraction of sp³-hybridized carbons (Fsp3) is 0.818. The van der Waals surface area contributed by atoms with Gasteiger partial charge >= 0.3 is 0 Å². The first-order valence-corrected chi connectivity index (χ1v) is 5.88. The number of carbonyl (C=O) groups is 2. The number of nitrogens with two attached hydrogens (primary N) is 1. The van der Waals surface area contributed by atoms with Crippen molar-refractivity contribution in [3.8, 4) is 0 Å². The first-order valence-electron chi connectivity index (χ1n) is 5.88. The molecule has 0 aromatic rings. The Morgan fingerprint density at radius 2 is 2.00 bits per heavy atom. The number of amides is 2. The van der Waals surface area contributed by atoms with Gasteiger partial charge in [0.1, 0.15) is 0 Å². The minimum Gasteiger partial charge on any atom is -0.353 e. The van der Waals surface area contributed by atoms with E-state index in [1.807, 2.05) is 6.92 Å². The van der Waals surface area contributed by atoms with Crippen LogP contribution in [0.2, 0.25) is 0 Å². The van der Waals surface area contributed by atoms with Crippen molar-refractivity contribution in [3.05, 3.63) is 0 Å². The zero-order chi connectivity index (χ0) is 12.1. The number of hydrogen-bond acceptors (Lipinski definition) is 3. The van der Waals surface area contributed by atoms with E-state index in [0.29, 0.717) is 19.5 Å². The van der Waals surface area contributed by atoms with Crippen LogP contribution in [0.3, 0.4) is 0 Å². The number of hydrogen-bond donors (Lipinski definition) is 2. The first kappa shape index (κ1) is 13.0. The predicted molar refractivity (Wildman–Crippen MR) is 61.7 cm³/mol. The minimum atomic E-state index is -0.429. The summed E-state index contributed by atoms with van der Waals surface area (Å²) in [5, 5.41) is 2.95. The second kappa shape index (κ2) is 5.84. The Kier molecular flexibility index (Phi) is 4.73. The van der Waals surface area contributed by atoms with Gasteiger partial charge in [-0.15, -0.1) is 0 Å². The van der Waals surface area contributed by atoms with Gasteiger partial charge in [-0.3, -0.25) is 9.59 Å². The molecule has 1 fully saturated rings. The van der Waals surface area contributed by atoms with Crippen molar-refractivity contribution in [1.29, 1.82) is 0 Å². The van der Waals surface area contributed by atoms with Gasteiger partial charge in [0.25, 0.3) is 0 Å². The lowest BCUT2D eigenvalue weighted by Crippen LogP contribution is -2.50. The maximum absolute atomic E-state index is 11.6. The molecule has 1 saturated heterocycles. The zero-order valence-corrected chi connectivity index (χ0v) is 10.0. The Morgan fingerprint density at radius 1 is 1.44 bits per heavy atom. The summed E-state index contributed by atoms with van der Waals surface area (Å²) in [6.07, 6.45) is 2.16. The molecule has 1 aliphatic heterocycles. The van der Waals surface area contributed by atoms with Crippen LogP contribution in [-0.4, -0.2) is 41.9 Å². The summed E-state index contributed by atoms with van der Waals surface area (Å²) in [6.45, 7) is 4.92. The Balaban J connectivity index is 2.34. The van der Waals surface area contributed by atoms with Crippen molar-refractivity contribution in [1.82, 2.24) is 10.2 Å². The summed E-state index contributed by atoms with van der Waals surface area (Å²) in [5.74, 6) is 0.0808. The quantitative estimate of drug-likeness (QED) is 0.704. The van der Waals surface area contributed by atoms with Crippen molar-refractivity contribution in [3.63, 3.8) is 0 Å². The topological polar surface area (TPSA) is 75.4 Å². The van der Waals surface area contributed by atoms with Gasteiger partial charge < -0.3 is 16.0 Å². The largest absolute Gasteiger partial charge is 0.353 e. The van der Waals surface area contributed by atoms with Crippen LogP contribution in [0.5, 0.6) is 0 Å². The number of rotatable bonds is 3. The Bertz CT molecular complexity index is 258. The molecular weight excluding hydrogens is 206 g/mol. The first-order chi connectivity index (χ1) is 7.54. The van der Waals surface area contributed by atoms with Gasteiger partial charge in [0.05, 0.1) is 6.04 Å². The fourth-order valence-corrected chi connectivity index (χ4v) is 1.86. The second-order valence-electron chi connectivity index (χ2n) is 4.31. The Morgan fingerprint density at radius 3 is 2.44 bits per heavy atom. The lowest BCUT2D eigenvalue weighted by Gasteiger charge is -2.33. The maximum Gasteiger partial charge on any atom is 0.239 e. The Labute approximate surface area is 96.4 Å². The van der Waals surface area contributed by atoms with Gasteiger partial charge in [0.2, 0.25) is 11.8 Å². The summed E-state index contributed by atoms with van der Waals surface area (Å²) >= 11 is 0. The molecule has 5 heteroatoms. The van der Waals surface area contributed by atoms with Gasteiger partial charge in [-0.05, 0) is 19.8 Å². The molecule has 16 heavy (non-hydrogen) atoms. The summed E-state index contributed by atoms with van der Waals surface area (Å²) in [4.78, 5) is 24.6. The molecule has 0 radical (unpaired) electrons. The predicted octanol–water partition coefficient (Wildman–Crippen LogP) is -0.149. The van der Waals surface area contributed by atoms with E-state index in [0.717, 1.165) is 12.8 Å². The molecule has 0 unspecified atom stereocenters. The minimum absolute atomic E-state index is 0.000248. The van der Waals surface area contributed by atoms with E-state index in [1.54, 1.807) is 11.8 Å². The highest BCUT2D eigenvalue weighted by atomic mass is 16.2. The van der Waals surface area contributed by atoms with Crippen molar-refractivity contribution in [2.75, 3.05) is 13.1 Å². The van der Waals surface area contributed by atoms with Crippen LogP contribution in [0.4, 0.5) is 0 Å². The van der Waals surface area contributed by atoms with Gasteiger partial charge in [0, 0.05) is 25.6 Å². The standard InChI is InChI=1S/C11H21N3O2/c1-3-10(15)13-9-4-6-14(7-5-9)11(16)8(2)12/h8-9H,3-7,12H2,1-2H3,(H,13,15)/t8-/m1/s1. The van der Waals surface area contributed by atoms with Gasteiger partial charge in [-0.1, -0.05) is 6.92 Å². The average Bonchev–Trinajstić information content (AvgIpc) is 2.28. The fourth-order valence-electron chi connectivity index (χ4n) is 1.86. The molecule has 1 heterocycles. The molecule has 0 aliphatic carbocycles. The molecule has 92 valence electrons. The van der Waals surface area contributed by atoms with Crippen LogP contribution < -0.4 is 11.1 Å². The number of likely N-dealkylation sites (tertiary alicyclic amines) is 1. The molecule has 5 nitrogen and oxygen atoms in total. The molecule has 0 aromatic heterocycles. The molecule has 1 aliphatic rings. The van der Waals surface area contributed by atoms with Crippen molar-refractivity contribution < 1.29 is 9.59 Å². The van der Waals surface area contributed by atoms with E-state index in [1.165, 1.54) is 0 Å². The van der Waals surface area contributed by atoms with E-state index in [9.17, 15) is 9.59 Å². The smallest absolute Gasteiger partial charge is 0.239 e. The van der Waals surface area contributed by atoms with Crippen molar-refractivity contribution in [2.24, 2.45) is 5.73 Å². The van der Waals surface area contributed by atoms with Gasteiger partial charge in [-0.2, -0.15) is 0 Å². The van der Waals surface area contributed by atoms with Crippen LogP contribution in [0.1, 0.15) is 33.1 Å². The summed E-state index contributed by atoms with van der Waals surface area (Å²) in [6, 6.07) is -0.216. The third-order valence-corrected chi connectivity index (χ3v) is 2.88. The molecule has 0 saturated carbocycles. The third-order valence-electron chi connectivity index (χ3n) is 2.88. The van der Waals surface area contributed by atoms with Gasteiger partial charge in [-0.25, -0.2) is 0 Å². The Hall–Kier alpha value is -1.10. The molecule has 0 aromatic carbocycles.